The Balaban J connectivity index is 2.07. The normalized spacial score (nSPS) is 26.0. The number of piperidine rings is 1. The van der Waals surface area contributed by atoms with Gasteiger partial charge in [-0.05, 0) is 11.5 Å². The number of carboxylic acid groups (broad SMARTS) is 1. The highest BCUT2D eigenvalue weighted by Gasteiger charge is 2.72. The van der Waals surface area contributed by atoms with E-state index in [2.05, 4.69) is 0 Å². The summed E-state index contributed by atoms with van der Waals surface area (Å²) in [5.74, 6) is -6.19. The SMILES string of the molecule is CC1(C)C2C(=O)N(c3cc(C(=O)O)c(F)cc3F)C(=O)C21. The van der Waals surface area contributed by atoms with Crippen LogP contribution in [-0.4, -0.2) is 22.9 Å². The third-order valence-corrected chi connectivity index (χ3v) is 4.31. The van der Waals surface area contributed by atoms with Crippen LogP contribution in [0.5, 0.6) is 0 Å². The number of rotatable bonds is 2. The van der Waals surface area contributed by atoms with Crippen LogP contribution in [0.15, 0.2) is 12.1 Å². The van der Waals surface area contributed by atoms with Crippen LogP contribution in [0.3, 0.4) is 0 Å². The molecule has 2 fully saturated rings. The number of nitrogens with zero attached hydrogens (tertiary/aromatic N) is 1. The van der Waals surface area contributed by atoms with Crippen molar-refractivity contribution < 1.29 is 28.3 Å². The van der Waals surface area contributed by atoms with Crippen LogP contribution in [0.1, 0.15) is 24.2 Å². The van der Waals surface area contributed by atoms with E-state index in [4.69, 9.17) is 5.11 Å². The highest BCUT2D eigenvalue weighted by Crippen LogP contribution is 2.63. The minimum atomic E-state index is -1.60. The van der Waals surface area contributed by atoms with Gasteiger partial charge in [-0.1, -0.05) is 13.8 Å². The third-order valence-electron chi connectivity index (χ3n) is 4.31. The lowest BCUT2D eigenvalue weighted by Crippen LogP contribution is -2.37. The van der Waals surface area contributed by atoms with E-state index in [1.165, 1.54) is 0 Å². The molecule has 21 heavy (non-hydrogen) atoms. The Hall–Kier alpha value is -2.31. The van der Waals surface area contributed by atoms with Crippen LogP contribution in [0.25, 0.3) is 0 Å². The molecule has 1 aliphatic carbocycles. The Bertz CT molecular complexity index is 689. The average Bonchev–Trinajstić information content (AvgIpc) is 2.82. The molecule has 5 nitrogen and oxygen atoms in total. The Labute approximate surface area is 118 Å². The third kappa shape index (κ3) is 1.63. The van der Waals surface area contributed by atoms with Crippen molar-refractivity contribution >= 4 is 23.5 Å². The van der Waals surface area contributed by atoms with E-state index in [9.17, 15) is 23.2 Å². The molecule has 1 saturated carbocycles. The summed E-state index contributed by atoms with van der Waals surface area (Å²) >= 11 is 0. The van der Waals surface area contributed by atoms with Crippen molar-refractivity contribution in [1.82, 2.24) is 0 Å². The molecule has 2 atom stereocenters. The summed E-state index contributed by atoms with van der Waals surface area (Å²) in [5, 5.41) is 8.85. The first kappa shape index (κ1) is 13.7. The summed E-state index contributed by atoms with van der Waals surface area (Å²) in [6.07, 6.45) is 0. The molecule has 0 bridgehead atoms. The number of fused-ring (bicyclic) bond motifs is 1. The van der Waals surface area contributed by atoms with Crippen LogP contribution in [0.2, 0.25) is 0 Å². The predicted molar refractivity (Wildman–Crippen MR) is 66.6 cm³/mol. The van der Waals surface area contributed by atoms with Gasteiger partial charge >= 0.3 is 5.97 Å². The number of amides is 2. The zero-order chi connectivity index (χ0) is 15.7. The summed E-state index contributed by atoms with van der Waals surface area (Å²) in [6.45, 7) is 3.53. The second-order valence-corrected chi connectivity index (χ2v) is 5.88. The molecule has 0 aromatic heterocycles. The van der Waals surface area contributed by atoms with Crippen molar-refractivity contribution in [1.29, 1.82) is 0 Å². The molecule has 1 N–H and O–H groups in total. The van der Waals surface area contributed by atoms with Gasteiger partial charge in [0.1, 0.15) is 11.6 Å². The number of benzene rings is 1. The summed E-state index contributed by atoms with van der Waals surface area (Å²) in [4.78, 5) is 35.9. The Kier molecular flexibility index (Phi) is 2.52. The van der Waals surface area contributed by atoms with Gasteiger partial charge in [-0.2, -0.15) is 0 Å². The topological polar surface area (TPSA) is 74.7 Å². The molecule has 2 unspecified atom stereocenters. The number of halogens is 2. The molecule has 1 aromatic carbocycles. The van der Waals surface area contributed by atoms with Gasteiger partial charge in [-0.25, -0.2) is 18.5 Å². The number of hydrogen-bond acceptors (Lipinski definition) is 3. The second kappa shape index (κ2) is 3.87. The maximum atomic E-state index is 13.8. The molecule has 0 radical (unpaired) electrons. The highest BCUT2D eigenvalue weighted by molar-refractivity contribution is 6.25. The van der Waals surface area contributed by atoms with E-state index in [1.54, 1.807) is 13.8 Å². The molecule has 1 aliphatic heterocycles. The van der Waals surface area contributed by atoms with Gasteiger partial charge in [0.05, 0.1) is 23.1 Å². The fourth-order valence-electron chi connectivity index (χ4n) is 3.06. The maximum absolute atomic E-state index is 13.8. The monoisotopic (exact) mass is 295 g/mol. The minimum Gasteiger partial charge on any atom is -0.478 e. The van der Waals surface area contributed by atoms with E-state index >= 15 is 0 Å². The number of anilines is 1. The largest absolute Gasteiger partial charge is 0.478 e. The summed E-state index contributed by atoms with van der Waals surface area (Å²) in [7, 11) is 0. The van der Waals surface area contributed by atoms with Crippen LogP contribution in [-0.2, 0) is 9.59 Å². The second-order valence-electron chi connectivity index (χ2n) is 5.88. The zero-order valence-corrected chi connectivity index (χ0v) is 11.2. The lowest BCUT2D eigenvalue weighted by Gasteiger charge is -2.21. The Morgan fingerprint density at radius 3 is 2.14 bits per heavy atom. The van der Waals surface area contributed by atoms with Crippen molar-refractivity contribution in [3.8, 4) is 0 Å². The predicted octanol–water partition coefficient (Wildman–Crippen LogP) is 1.81. The van der Waals surface area contributed by atoms with E-state index < -0.39 is 57.9 Å². The summed E-state index contributed by atoms with van der Waals surface area (Å²) in [6, 6.07) is 1.05. The van der Waals surface area contributed by atoms with Gasteiger partial charge in [0.15, 0.2) is 0 Å². The number of hydrogen-bond donors (Lipinski definition) is 1. The van der Waals surface area contributed by atoms with Gasteiger partial charge in [0.2, 0.25) is 11.8 Å². The van der Waals surface area contributed by atoms with Crippen LogP contribution < -0.4 is 4.90 Å². The molecule has 1 saturated heterocycles. The fraction of sp³-hybridized carbons (Fsp3) is 0.357. The highest BCUT2D eigenvalue weighted by atomic mass is 19.1. The first-order valence-corrected chi connectivity index (χ1v) is 6.28. The van der Waals surface area contributed by atoms with Crippen LogP contribution in [0.4, 0.5) is 14.5 Å². The fourth-order valence-corrected chi connectivity index (χ4v) is 3.06. The number of imide groups is 1. The van der Waals surface area contributed by atoms with Crippen molar-refractivity contribution in [3.05, 3.63) is 29.3 Å². The molecule has 2 aliphatic rings. The molecule has 1 aromatic rings. The van der Waals surface area contributed by atoms with Crippen LogP contribution in [0, 0.1) is 28.9 Å². The van der Waals surface area contributed by atoms with Gasteiger partial charge in [-0.15, -0.1) is 0 Å². The van der Waals surface area contributed by atoms with E-state index in [1.807, 2.05) is 0 Å². The van der Waals surface area contributed by atoms with Crippen molar-refractivity contribution in [2.24, 2.45) is 17.3 Å². The molecule has 1 heterocycles. The molecular weight excluding hydrogens is 284 g/mol. The van der Waals surface area contributed by atoms with Crippen molar-refractivity contribution in [2.45, 2.75) is 13.8 Å². The minimum absolute atomic E-state index is 0.369. The number of aromatic carboxylic acids is 1. The number of carbonyl (C=O) groups is 3. The molecule has 2 amide bonds. The average molecular weight is 295 g/mol. The quantitative estimate of drug-likeness (QED) is 0.844. The molecule has 7 heteroatoms. The zero-order valence-electron chi connectivity index (χ0n) is 11.2. The Morgan fingerprint density at radius 1 is 1.14 bits per heavy atom. The first-order chi connectivity index (χ1) is 9.67. The summed E-state index contributed by atoms with van der Waals surface area (Å²) < 4.78 is 27.2. The molecule has 3 rings (SSSR count). The van der Waals surface area contributed by atoms with E-state index in [0.29, 0.717) is 17.0 Å². The first-order valence-electron chi connectivity index (χ1n) is 6.28. The van der Waals surface area contributed by atoms with Gasteiger partial charge in [-0.3, -0.25) is 9.59 Å². The standard InChI is InChI=1S/C14H11F2NO4/c1-14(2)9-10(14)12(19)17(11(9)18)8-3-5(13(20)21)6(15)4-7(8)16/h3-4,9-10H,1-2H3,(H,20,21). The Morgan fingerprint density at radius 2 is 1.67 bits per heavy atom. The maximum Gasteiger partial charge on any atom is 0.338 e. The van der Waals surface area contributed by atoms with Gasteiger partial charge < -0.3 is 5.11 Å². The van der Waals surface area contributed by atoms with Gasteiger partial charge in [0, 0.05) is 6.07 Å². The van der Waals surface area contributed by atoms with Gasteiger partial charge in [0.25, 0.3) is 0 Å². The van der Waals surface area contributed by atoms with Crippen LogP contribution >= 0.6 is 0 Å². The smallest absolute Gasteiger partial charge is 0.338 e. The molecular formula is C14H11F2NO4. The van der Waals surface area contributed by atoms with Crippen molar-refractivity contribution in [3.63, 3.8) is 0 Å². The van der Waals surface area contributed by atoms with E-state index in [0.717, 1.165) is 0 Å². The number of carboxylic acids is 1. The van der Waals surface area contributed by atoms with Crippen molar-refractivity contribution in [2.75, 3.05) is 4.90 Å². The molecule has 110 valence electrons. The lowest BCUT2D eigenvalue weighted by atomic mass is 10.0. The summed E-state index contributed by atoms with van der Waals surface area (Å²) in [5.41, 5.74) is -1.75. The lowest BCUT2D eigenvalue weighted by molar-refractivity contribution is -0.125. The molecule has 0 spiro atoms. The van der Waals surface area contributed by atoms with E-state index in [-0.39, 0.29) is 0 Å². The number of carbonyl (C=O) groups excluding carboxylic acids is 2.